The van der Waals surface area contributed by atoms with Crippen molar-refractivity contribution in [2.75, 3.05) is 0 Å². The molecule has 4 heteroatoms. The van der Waals surface area contributed by atoms with Crippen LogP contribution >= 0.6 is 0 Å². The van der Waals surface area contributed by atoms with Crippen molar-refractivity contribution >= 4 is 21.8 Å². The molecule has 0 spiro atoms. The van der Waals surface area contributed by atoms with Crippen molar-refractivity contribution in [2.45, 2.75) is 25.7 Å². The van der Waals surface area contributed by atoms with Gasteiger partial charge in [-0.1, -0.05) is 0 Å². The highest BCUT2D eigenvalue weighted by molar-refractivity contribution is 6.08. The summed E-state index contributed by atoms with van der Waals surface area (Å²) in [7, 11) is 0. The van der Waals surface area contributed by atoms with Gasteiger partial charge in [0.2, 0.25) is 0 Å². The molecule has 1 aromatic carbocycles. The first-order valence-electron chi connectivity index (χ1n) is 8.42. The molecule has 0 amide bonds. The molecule has 0 bridgehead atoms. The van der Waals surface area contributed by atoms with E-state index in [1.165, 1.54) is 34.7 Å². The first kappa shape index (κ1) is 13.5. The van der Waals surface area contributed by atoms with Crippen LogP contribution in [0.2, 0.25) is 0 Å². The molecule has 4 nitrogen and oxygen atoms in total. The second-order valence-corrected chi connectivity index (χ2v) is 6.44. The van der Waals surface area contributed by atoms with Gasteiger partial charge in [0.25, 0.3) is 5.56 Å². The van der Waals surface area contributed by atoms with Gasteiger partial charge in [-0.25, -0.2) is 0 Å². The predicted octanol–water partition coefficient (Wildman–Crippen LogP) is 3.95. The second-order valence-electron chi connectivity index (χ2n) is 6.44. The number of H-pyrrole nitrogens is 2. The van der Waals surface area contributed by atoms with Crippen LogP contribution in [-0.2, 0) is 12.8 Å². The number of benzene rings is 1. The first-order valence-corrected chi connectivity index (χ1v) is 8.42. The van der Waals surface area contributed by atoms with E-state index in [1.54, 1.807) is 6.20 Å². The van der Waals surface area contributed by atoms with Crippen molar-refractivity contribution in [1.29, 1.82) is 0 Å². The van der Waals surface area contributed by atoms with E-state index in [9.17, 15) is 4.79 Å². The van der Waals surface area contributed by atoms with Crippen molar-refractivity contribution in [2.24, 2.45) is 0 Å². The van der Waals surface area contributed by atoms with E-state index in [0.717, 1.165) is 35.1 Å². The molecule has 2 N–H and O–H groups in total. The van der Waals surface area contributed by atoms with E-state index < -0.39 is 0 Å². The zero-order chi connectivity index (χ0) is 16.1. The molecular formula is C20H17N3O. The topological polar surface area (TPSA) is 61.5 Å². The lowest BCUT2D eigenvalue weighted by Gasteiger charge is -2.22. The van der Waals surface area contributed by atoms with Gasteiger partial charge in [-0.3, -0.25) is 9.78 Å². The zero-order valence-corrected chi connectivity index (χ0v) is 13.2. The molecule has 1 aliphatic carbocycles. The Kier molecular flexibility index (Phi) is 2.86. The summed E-state index contributed by atoms with van der Waals surface area (Å²) in [6, 6.07) is 10.0. The third-order valence-electron chi connectivity index (χ3n) is 5.10. The maximum absolute atomic E-state index is 12.3. The molecule has 3 heterocycles. The van der Waals surface area contributed by atoms with E-state index in [-0.39, 0.29) is 5.56 Å². The van der Waals surface area contributed by atoms with Crippen molar-refractivity contribution < 1.29 is 0 Å². The quantitative estimate of drug-likeness (QED) is 0.558. The van der Waals surface area contributed by atoms with Gasteiger partial charge in [-0.05, 0) is 67.1 Å². The van der Waals surface area contributed by atoms with Crippen molar-refractivity contribution in [3.8, 4) is 11.3 Å². The maximum atomic E-state index is 12.3. The van der Waals surface area contributed by atoms with Crippen LogP contribution in [0.25, 0.3) is 33.1 Å². The van der Waals surface area contributed by atoms with Crippen LogP contribution in [0.15, 0.2) is 47.5 Å². The normalized spacial score (nSPS) is 14.2. The number of pyridine rings is 2. The number of fused-ring (bicyclic) bond motifs is 5. The van der Waals surface area contributed by atoms with E-state index >= 15 is 0 Å². The van der Waals surface area contributed by atoms with Crippen LogP contribution < -0.4 is 5.56 Å². The fourth-order valence-electron chi connectivity index (χ4n) is 4.03. The van der Waals surface area contributed by atoms with E-state index in [4.69, 9.17) is 0 Å². The van der Waals surface area contributed by atoms with Crippen LogP contribution in [0.1, 0.15) is 24.0 Å². The standard InChI is InChI=1S/C20H17N3O/c24-20-15(6-3-10-22-20)19-13-5-2-1-4-12(13)18-14-9-11-21-16(14)7-8-17(18)23-19/h3,6-11,23H,1-2,4-5H2,(H,22,24). The predicted molar refractivity (Wildman–Crippen MR) is 96.3 cm³/mol. The molecule has 0 saturated heterocycles. The molecule has 0 fully saturated rings. The number of aromatic nitrogens is 3. The summed E-state index contributed by atoms with van der Waals surface area (Å²) in [6.07, 6.45) is 7.98. The van der Waals surface area contributed by atoms with Crippen LogP contribution in [-0.4, -0.2) is 15.0 Å². The maximum Gasteiger partial charge on any atom is 0.257 e. The molecule has 4 aromatic rings. The molecule has 3 aromatic heterocycles. The molecule has 118 valence electrons. The van der Waals surface area contributed by atoms with Gasteiger partial charge in [-0.2, -0.15) is 0 Å². The summed E-state index contributed by atoms with van der Waals surface area (Å²) >= 11 is 0. The van der Waals surface area contributed by atoms with Crippen molar-refractivity contribution in [1.82, 2.24) is 15.0 Å². The number of aryl methyl sites for hydroxylation is 1. The lowest BCUT2D eigenvalue weighted by atomic mass is 9.85. The molecule has 0 aliphatic heterocycles. The van der Waals surface area contributed by atoms with Gasteiger partial charge in [0.1, 0.15) is 0 Å². The van der Waals surface area contributed by atoms with E-state index in [1.807, 2.05) is 24.4 Å². The summed E-state index contributed by atoms with van der Waals surface area (Å²) < 4.78 is 0. The van der Waals surface area contributed by atoms with E-state index in [0.29, 0.717) is 0 Å². The number of rotatable bonds is 1. The van der Waals surface area contributed by atoms with Gasteiger partial charge >= 0.3 is 0 Å². The Morgan fingerprint density at radius 2 is 1.88 bits per heavy atom. The number of hydrogen-bond donors (Lipinski definition) is 2. The summed E-state index contributed by atoms with van der Waals surface area (Å²) in [5.41, 5.74) is 6.43. The molecule has 5 rings (SSSR count). The first-order chi connectivity index (χ1) is 11.8. The third kappa shape index (κ3) is 1.86. The average Bonchev–Trinajstić information content (AvgIpc) is 3.10. The van der Waals surface area contributed by atoms with Crippen LogP contribution in [0.5, 0.6) is 0 Å². The number of aromatic amines is 2. The minimum Gasteiger partial charge on any atom is -0.354 e. The molecule has 0 radical (unpaired) electrons. The zero-order valence-electron chi connectivity index (χ0n) is 13.2. The summed E-state index contributed by atoms with van der Waals surface area (Å²) in [6.45, 7) is 0. The highest BCUT2D eigenvalue weighted by atomic mass is 16.1. The summed E-state index contributed by atoms with van der Waals surface area (Å²) in [5.74, 6) is 0. The van der Waals surface area contributed by atoms with Gasteiger partial charge in [0.05, 0.1) is 16.8 Å². The van der Waals surface area contributed by atoms with Gasteiger partial charge in [-0.15, -0.1) is 0 Å². The minimum atomic E-state index is -0.0445. The Morgan fingerprint density at radius 1 is 1.00 bits per heavy atom. The summed E-state index contributed by atoms with van der Waals surface area (Å²) in [5, 5.41) is 2.48. The van der Waals surface area contributed by atoms with Gasteiger partial charge < -0.3 is 9.97 Å². The lowest BCUT2D eigenvalue weighted by molar-refractivity contribution is 0.689. The minimum absolute atomic E-state index is 0.0445. The Morgan fingerprint density at radius 3 is 2.75 bits per heavy atom. The molecule has 0 atom stereocenters. The summed E-state index contributed by atoms with van der Waals surface area (Å²) in [4.78, 5) is 23.1. The van der Waals surface area contributed by atoms with Crippen LogP contribution in [0.3, 0.4) is 0 Å². The smallest absolute Gasteiger partial charge is 0.257 e. The van der Waals surface area contributed by atoms with Gasteiger partial charge in [0, 0.05) is 28.7 Å². The third-order valence-corrected chi connectivity index (χ3v) is 5.10. The van der Waals surface area contributed by atoms with Crippen molar-refractivity contribution in [3.05, 3.63) is 64.2 Å². The van der Waals surface area contributed by atoms with E-state index in [2.05, 4.69) is 27.1 Å². The number of nitrogens with zero attached hydrogens (tertiary/aromatic N) is 1. The molecular weight excluding hydrogens is 298 g/mol. The number of hydrogen-bond acceptors (Lipinski definition) is 2. The Hall–Kier alpha value is -2.88. The fourth-order valence-corrected chi connectivity index (χ4v) is 4.03. The van der Waals surface area contributed by atoms with Crippen molar-refractivity contribution in [3.63, 3.8) is 0 Å². The van der Waals surface area contributed by atoms with Crippen LogP contribution in [0, 0.1) is 0 Å². The highest BCUT2D eigenvalue weighted by Gasteiger charge is 2.21. The lowest BCUT2D eigenvalue weighted by Crippen LogP contribution is -2.13. The Balaban J connectivity index is 1.95. The SMILES string of the molecule is O=c1[nH]cccc1-c1[nH]c2ccc3nccc3c2c2c1CCCC2. The average molecular weight is 315 g/mol. The molecule has 0 saturated carbocycles. The molecule has 1 aliphatic rings. The Labute approximate surface area is 138 Å². The largest absolute Gasteiger partial charge is 0.354 e. The van der Waals surface area contributed by atoms with Gasteiger partial charge in [0.15, 0.2) is 0 Å². The number of nitrogens with one attached hydrogen (secondary N) is 2. The second kappa shape index (κ2) is 5.06. The highest BCUT2D eigenvalue weighted by Crippen LogP contribution is 2.37. The fraction of sp³-hybridized carbons (Fsp3) is 0.200. The monoisotopic (exact) mass is 315 g/mol. The van der Waals surface area contributed by atoms with Crippen LogP contribution in [0.4, 0.5) is 0 Å². The molecule has 0 unspecified atom stereocenters. The Bertz CT molecular complexity index is 1140. The molecule has 24 heavy (non-hydrogen) atoms.